The molecule has 1 N–H and O–H groups in total. The molecule has 112 valence electrons. The normalized spacial score (nSPS) is 15.7. The van der Waals surface area contributed by atoms with E-state index in [1.54, 1.807) is 11.0 Å². The van der Waals surface area contributed by atoms with Crippen molar-refractivity contribution in [2.75, 3.05) is 26.2 Å². The zero-order chi connectivity index (χ0) is 15.1. The van der Waals surface area contributed by atoms with Crippen LogP contribution in [0.3, 0.4) is 0 Å². The summed E-state index contributed by atoms with van der Waals surface area (Å²) in [6, 6.07) is 7.52. The Labute approximate surface area is 124 Å². The van der Waals surface area contributed by atoms with Crippen molar-refractivity contribution in [3.63, 3.8) is 0 Å². The van der Waals surface area contributed by atoms with E-state index in [1.807, 2.05) is 31.2 Å². The average Bonchev–Trinajstić information content (AvgIpc) is 2.71. The van der Waals surface area contributed by atoms with Crippen LogP contribution in [0.15, 0.2) is 30.3 Å². The SMILES string of the molecule is CCOc1ccc(C=CC(=O)N2CCCNC(=O)C2)cc1. The Kier molecular flexibility index (Phi) is 5.37. The Hall–Kier alpha value is -2.30. The van der Waals surface area contributed by atoms with Crippen molar-refractivity contribution < 1.29 is 14.3 Å². The lowest BCUT2D eigenvalue weighted by Gasteiger charge is -2.16. The second-order valence-electron chi connectivity index (χ2n) is 4.80. The van der Waals surface area contributed by atoms with E-state index < -0.39 is 0 Å². The molecule has 1 aliphatic rings. The molecule has 2 rings (SSSR count). The van der Waals surface area contributed by atoms with Gasteiger partial charge in [-0.1, -0.05) is 12.1 Å². The quantitative estimate of drug-likeness (QED) is 0.853. The molecular formula is C16H20N2O3. The summed E-state index contributed by atoms with van der Waals surface area (Å²) in [5.41, 5.74) is 0.922. The standard InChI is InChI=1S/C16H20N2O3/c1-2-21-14-7-4-13(5-8-14)6-9-16(20)18-11-3-10-17-15(19)12-18/h4-9H,2-3,10-12H2,1H3,(H,17,19). The molecule has 1 aromatic rings. The van der Waals surface area contributed by atoms with Crippen molar-refractivity contribution in [3.05, 3.63) is 35.9 Å². The van der Waals surface area contributed by atoms with E-state index in [4.69, 9.17) is 4.74 Å². The summed E-state index contributed by atoms with van der Waals surface area (Å²) in [6.07, 6.45) is 4.05. The highest BCUT2D eigenvalue weighted by molar-refractivity contribution is 5.94. The van der Waals surface area contributed by atoms with Gasteiger partial charge >= 0.3 is 0 Å². The number of carbonyl (C=O) groups excluding carboxylic acids is 2. The molecule has 1 heterocycles. The van der Waals surface area contributed by atoms with Gasteiger partial charge in [0.1, 0.15) is 5.75 Å². The summed E-state index contributed by atoms with van der Waals surface area (Å²) in [6.45, 7) is 3.93. The van der Waals surface area contributed by atoms with Crippen molar-refractivity contribution >= 4 is 17.9 Å². The molecule has 0 saturated carbocycles. The average molecular weight is 288 g/mol. The van der Waals surface area contributed by atoms with Crippen LogP contribution in [0.25, 0.3) is 6.08 Å². The van der Waals surface area contributed by atoms with E-state index in [0.29, 0.717) is 19.7 Å². The molecule has 21 heavy (non-hydrogen) atoms. The van der Waals surface area contributed by atoms with E-state index >= 15 is 0 Å². The zero-order valence-corrected chi connectivity index (χ0v) is 12.2. The van der Waals surface area contributed by atoms with Crippen molar-refractivity contribution in [3.8, 4) is 5.75 Å². The molecule has 0 aliphatic carbocycles. The fraction of sp³-hybridized carbons (Fsp3) is 0.375. The summed E-state index contributed by atoms with van der Waals surface area (Å²) in [5.74, 6) is 0.571. The Morgan fingerprint density at radius 3 is 2.86 bits per heavy atom. The van der Waals surface area contributed by atoms with Crippen molar-refractivity contribution in [2.45, 2.75) is 13.3 Å². The number of rotatable bonds is 4. The summed E-state index contributed by atoms with van der Waals surface area (Å²) >= 11 is 0. The van der Waals surface area contributed by atoms with Gasteiger partial charge in [-0.25, -0.2) is 0 Å². The molecule has 0 aromatic heterocycles. The van der Waals surface area contributed by atoms with Crippen molar-refractivity contribution in [1.29, 1.82) is 0 Å². The van der Waals surface area contributed by atoms with Gasteiger partial charge in [-0.15, -0.1) is 0 Å². The van der Waals surface area contributed by atoms with Gasteiger partial charge < -0.3 is 15.0 Å². The minimum atomic E-state index is -0.138. The van der Waals surface area contributed by atoms with Crippen LogP contribution in [0.4, 0.5) is 0 Å². The van der Waals surface area contributed by atoms with E-state index in [-0.39, 0.29) is 18.4 Å². The fourth-order valence-electron chi connectivity index (χ4n) is 2.11. The first-order valence-corrected chi connectivity index (χ1v) is 7.15. The Morgan fingerprint density at radius 2 is 2.14 bits per heavy atom. The van der Waals surface area contributed by atoms with Crippen LogP contribution in [0.1, 0.15) is 18.9 Å². The number of nitrogens with zero attached hydrogens (tertiary/aromatic N) is 1. The van der Waals surface area contributed by atoms with E-state index in [1.165, 1.54) is 6.08 Å². The highest BCUT2D eigenvalue weighted by Crippen LogP contribution is 2.13. The molecule has 0 unspecified atom stereocenters. The van der Waals surface area contributed by atoms with Gasteiger partial charge in [-0.3, -0.25) is 9.59 Å². The lowest BCUT2D eigenvalue weighted by Crippen LogP contribution is -2.36. The Morgan fingerprint density at radius 1 is 1.38 bits per heavy atom. The smallest absolute Gasteiger partial charge is 0.247 e. The molecule has 0 spiro atoms. The first-order valence-electron chi connectivity index (χ1n) is 7.15. The zero-order valence-electron chi connectivity index (χ0n) is 12.2. The van der Waals surface area contributed by atoms with Crippen molar-refractivity contribution in [1.82, 2.24) is 10.2 Å². The molecule has 5 heteroatoms. The van der Waals surface area contributed by atoms with Crippen molar-refractivity contribution in [2.24, 2.45) is 0 Å². The highest BCUT2D eigenvalue weighted by Gasteiger charge is 2.17. The molecule has 1 aliphatic heterocycles. The molecule has 5 nitrogen and oxygen atoms in total. The monoisotopic (exact) mass is 288 g/mol. The lowest BCUT2D eigenvalue weighted by molar-refractivity contribution is -0.131. The second-order valence-corrected chi connectivity index (χ2v) is 4.80. The van der Waals surface area contributed by atoms with E-state index in [9.17, 15) is 9.59 Å². The van der Waals surface area contributed by atoms with Gasteiger partial charge in [0.25, 0.3) is 0 Å². The van der Waals surface area contributed by atoms with E-state index in [2.05, 4.69) is 5.32 Å². The van der Waals surface area contributed by atoms with E-state index in [0.717, 1.165) is 17.7 Å². The maximum Gasteiger partial charge on any atom is 0.247 e. The lowest BCUT2D eigenvalue weighted by atomic mass is 10.2. The number of nitrogens with one attached hydrogen (secondary N) is 1. The van der Waals surface area contributed by atoms with Gasteiger partial charge in [0.15, 0.2) is 0 Å². The van der Waals surface area contributed by atoms with Crippen LogP contribution >= 0.6 is 0 Å². The van der Waals surface area contributed by atoms with Crippen LogP contribution in [0, 0.1) is 0 Å². The molecule has 1 fully saturated rings. The minimum absolute atomic E-state index is 0.102. The highest BCUT2D eigenvalue weighted by atomic mass is 16.5. The number of amides is 2. The third kappa shape index (κ3) is 4.63. The van der Waals surface area contributed by atoms with Crippen LogP contribution in [0.2, 0.25) is 0 Å². The third-order valence-electron chi connectivity index (χ3n) is 3.18. The number of hydrogen-bond donors (Lipinski definition) is 1. The predicted molar refractivity (Wildman–Crippen MR) is 80.9 cm³/mol. The fourth-order valence-corrected chi connectivity index (χ4v) is 2.11. The third-order valence-corrected chi connectivity index (χ3v) is 3.18. The summed E-state index contributed by atoms with van der Waals surface area (Å²) in [4.78, 5) is 25.1. The second kappa shape index (κ2) is 7.47. The first-order chi connectivity index (χ1) is 10.2. The van der Waals surface area contributed by atoms with Gasteiger partial charge in [0.2, 0.25) is 11.8 Å². The Balaban J connectivity index is 1.95. The first kappa shape index (κ1) is 15.1. The van der Waals surface area contributed by atoms with Gasteiger partial charge in [-0.05, 0) is 37.1 Å². The number of ether oxygens (including phenoxy) is 1. The Bertz CT molecular complexity index is 523. The number of carbonyl (C=O) groups is 2. The topological polar surface area (TPSA) is 58.6 Å². The van der Waals surface area contributed by atoms with Gasteiger partial charge in [0.05, 0.1) is 13.2 Å². The molecule has 1 saturated heterocycles. The van der Waals surface area contributed by atoms with Crippen LogP contribution < -0.4 is 10.1 Å². The van der Waals surface area contributed by atoms with Crippen LogP contribution in [-0.2, 0) is 9.59 Å². The minimum Gasteiger partial charge on any atom is -0.494 e. The number of benzene rings is 1. The molecule has 0 atom stereocenters. The van der Waals surface area contributed by atoms with Gasteiger partial charge in [0, 0.05) is 19.2 Å². The van der Waals surface area contributed by atoms with Crippen LogP contribution in [0.5, 0.6) is 5.75 Å². The predicted octanol–water partition coefficient (Wildman–Crippen LogP) is 1.45. The molecule has 0 radical (unpaired) electrons. The van der Waals surface area contributed by atoms with Crippen LogP contribution in [-0.4, -0.2) is 43.0 Å². The molecule has 2 amide bonds. The summed E-state index contributed by atoms with van der Waals surface area (Å²) in [5, 5.41) is 2.75. The summed E-state index contributed by atoms with van der Waals surface area (Å²) < 4.78 is 5.36. The largest absolute Gasteiger partial charge is 0.494 e. The number of hydrogen-bond acceptors (Lipinski definition) is 3. The maximum atomic E-state index is 12.1. The maximum absolute atomic E-state index is 12.1. The summed E-state index contributed by atoms with van der Waals surface area (Å²) in [7, 11) is 0. The molecular weight excluding hydrogens is 268 g/mol. The van der Waals surface area contributed by atoms with Gasteiger partial charge in [-0.2, -0.15) is 0 Å². The molecule has 1 aromatic carbocycles. The molecule has 0 bridgehead atoms.